The van der Waals surface area contributed by atoms with E-state index in [0.29, 0.717) is 77.3 Å². The summed E-state index contributed by atoms with van der Waals surface area (Å²) >= 11 is 0. The number of hydrogen-bond donors (Lipinski definition) is 9. The van der Waals surface area contributed by atoms with Crippen LogP contribution < -0.4 is 49.1 Å². The molecule has 3 aliphatic rings. The summed E-state index contributed by atoms with van der Waals surface area (Å²) in [6, 6.07) is 35.0. The monoisotopic (exact) mass is 1980 g/mol. The van der Waals surface area contributed by atoms with Gasteiger partial charge in [0, 0.05) is 112 Å². The SMILES string of the molecule is CCS(=O)(=O)c1ccc(Oc2cc(O[C@@H](C)CO)cc(C(=O)Nc3ccn(C)n3)c2)cn1.COCc1ccc(Oc2cc3nc(-c4ccccn4)[nH]c3cc2C2CCCN2C(C)=O)cn1.CS(=O)(=O)O.C[C@H]1CN=C(c2ccc(NC(=O)c3cc(Oc4cnc(S(C)(=O)=O)cn4)cc(O[C@@H](C)CO)c3)[nH]2)O1.Cc1cnc(NC(=O)c2cc(Oc3cnc(C(=O)N4CCC4)cn3)cc(O[C@@H](C)CO)c2)cn1. The molecule has 12 heterocycles. The van der Waals surface area contributed by atoms with Crippen LogP contribution in [0.15, 0.2) is 204 Å². The number of aryl methyl sites for hydroxylation is 2. The lowest BCUT2D eigenvalue weighted by atomic mass is 10.0. The van der Waals surface area contributed by atoms with E-state index in [1.807, 2.05) is 54.3 Å². The topological polar surface area (TPSA) is 585 Å². The van der Waals surface area contributed by atoms with Crippen molar-refractivity contribution in [2.75, 3.05) is 87.3 Å². The number of imidazole rings is 1. The first-order valence-corrected chi connectivity index (χ1v) is 48.8. The van der Waals surface area contributed by atoms with E-state index < -0.39 is 65.8 Å². The molecule has 4 aromatic carbocycles. The van der Waals surface area contributed by atoms with Crippen LogP contribution in [-0.2, 0) is 57.7 Å². The average molecular weight is 1980 g/mol. The number of benzene rings is 4. The molecule has 16 rings (SSSR count). The molecule has 0 aliphatic carbocycles. The number of anilines is 3. The first-order chi connectivity index (χ1) is 66.8. The van der Waals surface area contributed by atoms with Gasteiger partial charge in [0.2, 0.25) is 23.6 Å². The van der Waals surface area contributed by atoms with Crippen LogP contribution in [0, 0.1) is 6.92 Å². The number of nitrogens with zero attached hydrogens (tertiary/aromatic N) is 15. The number of fused-ring (bicyclic) bond motifs is 1. The Hall–Kier alpha value is -15.4. The van der Waals surface area contributed by atoms with E-state index in [4.69, 9.17) is 52.2 Å². The van der Waals surface area contributed by atoms with Crippen LogP contribution in [0.1, 0.15) is 131 Å². The van der Waals surface area contributed by atoms with Gasteiger partial charge in [-0.25, -0.2) is 56.7 Å². The number of aliphatic hydroxyl groups is 3. The van der Waals surface area contributed by atoms with Gasteiger partial charge in [-0.3, -0.25) is 48.2 Å². The largest absolute Gasteiger partial charge is 0.488 e. The highest BCUT2D eigenvalue weighted by Gasteiger charge is 2.33. The van der Waals surface area contributed by atoms with Crippen molar-refractivity contribution in [1.82, 2.24) is 79.4 Å². The highest BCUT2D eigenvalue weighted by molar-refractivity contribution is 7.91. The third-order valence-corrected chi connectivity index (χ3v) is 22.7. The summed E-state index contributed by atoms with van der Waals surface area (Å²) < 4.78 is 126. The Kier molecular flexibility index (Phi) is 35.2. The summed E-state index contributed by atoms with van der Waals surface area (Å²) in [7, 11) is -7.24. The zero-order valence-corrected chi connectivity index (χ0v) is 80.1. The number of sulfone groups is 2. The van der Waals surface area contributed by atoms with Gasteiger partial charge in [0.15, 0.2) is 47.2 Å². The molecule has 0 saturated carbocycles. The van der Waals surface area contributed by atoms with Crippen LogP contribution in [0.5, 0.6) is 63.5 Å². The Morgan fingerprint density at radius 3 is 1.66 bits per heavy atom. The maximum absolute atomic E-state index is 13.0. The predicted octanol–water partition coefficient (Wildman–Crippen LogP) is 11.0. The van der Waals surface area contributed by atoms with Crippen LogP contribution in [0.25, 0.3) is 22.6 Å². The number of hydrogen-bond acceptors (Lipinski definition) is 35. The van der Waals surface area contributed by atoms with Gasteiger partial charge in [0.05, 0.1) is 123 Å². The number of aromatic amines is 2. The number of rotatable bonds is 32. The van der Waals surface area contributed by atoms with E-state index in [9.17, 15) is 64.5 Å². The minimum absolute atomic E-state index is 0.00363. The first kappa shape index (κ1) is 104. The molecule has 0 radical (unpaired) electrons. The summed E-state index contributed by atoms with van der Waals surface area (Å²) in [4.78, 5) is 119. The molecule has 0 bridgehead atoms. The highest BCUT2D eigenvalue weighted by Crippen LogP contribution is 2.42. The van der Waals surface area contributed by atoms with Gasteiger partial charge in [0.1, 0.15) is 99.1 Å². The first-order valence-electron chi connectivity index (χ1n) is 43.4. The number of pyridine rings is 3. The highest BCUT2D eigenvalue weighted by atomic mass is 32.2. The van der Waals surface area contributed by atoms with Crippen LogP contribution in [0.2, 0.25) is 0 Å². The third kappa shape index (κ3) is 30.1. The van der Waals surface area contributed by atoms with Gasteiger partial charge in [-0.1, -0.05) is 13.0 Å². The normalized spacial score (nSPS) is 14.4. The second-order valence-corrected chi connectivity index (χ2v) is 37.4. The molecular formula is C93H102N20O24S3. The van der Waals surface area contributed by atoms with E-state index >= 15 is 0 Å². The summed E-state index contributed by atoms with van der Waals surface area (Å²) in [6.07, 6.45) is 17.4. The van der Waals surface area contributed by atoms with Crippen LogP contribution >= 0.6 is 0 Å². The lowest BCUT2D eigenvalue weighted by Crippen LogP contribution is -2.42. The van der Waals surface area contributed by atoms with Crippen LogP contribution in [-0.4, -0.2) is 256 Å². The number of amides is 5. The number of carbonyl (C=O) groups excluding carboxylic acids is 5. The lowest BCUT2D eigenvalue weighted by Gasteiger charge is -2.30. The van der Waals surface area contributed by atoms with Crippen molar-refractivity contribution >= 4 is 93.7 Å². The maximum atomic E-state index is 13.0. The van der Waals surface area contributed by atoms with Gasteiger partial charge >= 0.3 is 0 Å². The Morgan fingerprint density at radius 1 is 0.579 bits per heavy atom. The number of likely N-dealkylation sites (tertiary alicyclic amines) is 2. The van der Waals surface area contributed by atoms with E-state index in [1.54, 1.807) is 113 Å². The number of aliphatic imine (C=N–C) groups is 1. The van der Waals surface area contributed by atoms with Crippen molar-refractivity contribution in [3.8, 4) is 75.0 Å². The van der Waals surface area contributed by atoms with E-state index in [-0.39, 0.29) is 122 Å². The summed E-state index contributed by atoms with van der Waals surface area (Å²) in [5.74, 6) is 4.11. The van der Waals surface area contributed by atoms with Crippen molar-refractivity contribution in [3.63, 3.8) is 0 Å². The molecule has 9 aromatic heterocycles. The molecule has 44 nitrogen and oxygen atoms in total. The van der Waals surface area contributed by atoms with Gasteiger partial charge < -0.3 is 93.7 Å². The number of methoxy groups -OCH3 is 1. The van der Waals surface area contributed by atoms with Crippen LogP contribution in [0.3, 0.4) is 0 Å². The Bertz CT molecular complexity index is 6880. The standard InChI is InChI=1S/C25H25N5O3.C23H24N6O5.C23H25N5O7S.C21H24N4O6S.CH4O3S/c1-16(31)30-11-5-7-23(30)19-12-21-22(29-25(28-21)20-6-3-4-10-26-20)13-24(19)33-18-9-8-17(15-32-2)27-14-18;1-14-9-26-20(11-24-14)28-22(31)16-6-17(33-15(2)13-30)8-18(7-16)34-21-12-25-19(10-27-21)23(32)29-4-3-5-29;1-13-9-26-23(34-13)18-4-5-19(27-18)28-22(30)15-6-16(33-14(2)12-29)8-17(7-15)35-20-10-25-21(11-24-20)36(3,31)32;1-4-32(28,29)20-6-5-16(12-22-20)31-18-10-15(9-17(11-18)30-14(2)13-26)21(27)23-19-7-8-25(3)24-19;1-5(2,3)4/h3-4,6,8-10,12-14,23H,5,7,11,15H2,1-2H3,(H,28,29);6-12,15,30H,3-5,13H2,1-2H3,(H,26,28,31);4-8,10-11,13-14,27,29H,9,12H2,1-3H3,(H,28,30);5-12,14,26H,4,13H2,1-3H3,(H,23,24,27);1H3,(H,2,3,4)/t;15-;13-,14-;14-;/m.000./s1. The van der Waals surface area contributed by atoms with Crippen molar-refractivity contribution in [2.24, 2.45) is 12.0 Å². The van der Waals surface area contributed by atoms with E-state index in [2.05, 4.69) is 80.9 Å². The molecule has 140 heavy (non-hydrogen) atoms. The second-order valence-electron chi connectivity index (χ2n) is 31.8. The number of carbonyl (C=O) groups is 5. The minimum Gasteiger partial charge on any atom is -0.488 e. The molecule has 13 aromatic rings. The van der Waals surface area contributed by atoms with Crippen molar-refractivity contribution in [2.45, 2.75) is 115 Å². The summed E-state index contributed by atoms with van der Waals surface area (Å²) in [6.45, 7) is 14.4. The number of nitrogens with one attached hydrogen (secondary N) is 5. The van der Waals surface area contributed by atoms with Crippen molar-refractivity contribution in [3.05, 3.63) is 234 Å². The zero-order chi connectivity index (χ0) is 101. The minimum atomic E-state index is -3.67. The third-order valence-electron chi connectivity index (χ3n) is 20.1. The fourth-order valence-electron chi connectivity index (χ4n) is 13.2. The fraction of sp³-hybridized carbons (Fsp3) is 0.301. The Balaban J connectivity index is 0.000000164. The predicted molar refractivity (Wildman–Crippen MR) is 508 cm³/mol. The maximum Gasteiger partial charge on any atom is 0.274 e. The molecule has 5 atom stereocenters. The summed E-state index contributed by atoms with van der Waals surface area (Å²) in [5, 5.41) is 40.0. The number of H-pyrrole nitrogens is 2. The zero-order valence-electron chi connectivity index (χ0n) is 77.7. The van der Waals surface area contributed by atoms with Gasteiger partial charge in [-0.05, 0) is 145 Å². The van der Waals surface area contributed by atoms with Crippen LogP contribution in [0.4, 0.5) is 17.5 Å². The number of aromatic nitrogens is 14. The number of aliphatic hydroxyl groups excluding tert-OH is 3. The molecule has 9 N–H and O–H groups in total. The van der Waals surface area contributed by atoms with Crippen molar-refractivity contribution in [1.29, 1.82) is 0 Å². The quantitative estimate of drug-likeness (QED) is 0.0177. The van der Waals surface area contributed by atoms with Gasteiger partial charge in [-0.15, -0.1) is 0 Å². The molecule has 47 heteroatoms. The van der Waals surface area contributed by atoms with Gasteiger partial charge in [-0.2, -0.15) is 13.5 Å². The lowest BCUT2D eigenvalue weighted by molar-refractivity contribution is -0.129. The fourth-order valence-corrected chi connectivity index (χ4v) is 14.5. The number of ether oxygens (including phenoxy) is 9. The smallest absolute Gasteiger partial charge is 0.274 e. The molecule has 2 fully saturated rings. The molecule has 5 amide bonds. The average Bonchev–Trinajstić information content (AvgIpc) is 1.61. The molecular weight excluding hydrogens is 1880 g/mol. The molecule has 1 unspecified atom stereocenters. The summed E-state index contributed by atoms with van der Waals surface area (Å²) in [5.41, 5.74) is 6.47. The Labute approximate surface area is 804 Å². The van der Waals surface area contributed by atoms with E-state index in [0.717, 1.165) is 91.2 Å². The Morgan fingerprint density at radius 2 is 1.16 bits per heavy atom. The second kappa shape index (κ2) is 47.6. The van der Waals surface area contributed by atoms with Gasteiger partial charge in [0.25, 0.3) is 33.7 Å². The molecule has 0 spiro atoms. The molecule has 736 valence electrons. The molecule has 2 saturated heterocycles. The van der Waals surface area contributed by atoms with Crippen molar-refractivity contribution < 1.29 is 112 Å². The van der Waals surface area contributed by atoms with E-state index in [1.165, 1.54) is 86.3 Å². The molecule has 3 aliphatic heterocycles.